The SMILES string of the molecule is N#Cc1cnc(N2CCCC(C3=NCCN3)C2)c(F)c1. The standard InChI is InChI=1S/C14H16FN5/c15-12-6-10(7-16)8-19-14(12)20-5-1-2-11(9-20)13-17-3-4-18-13/h6,8,11H,1-5,9H2,(H,17,18). The van der Waals surface area contributed by atoms with Crippen LogP contribution in [0.4, 0.5) is 10.2 Å². The molecular formula is C14H16FN5. The third-order valence-electron chi connectivity index (χ3n) is 3.76. The highest BCUT2D eigenvalue weighted by atomic mass is 19.1. The van der Waals surface area contributed by atoms with Gasteiger partial charge in [-0.3, -0.25) is 4.99 Å². The molecule has 1 aromatic heterocycles. The van der Waals surface area contributed by atoms with Gasteiger partial charge in [-0.15, -0.1) is 0 Å². The van der Waals surface area contributed by atoms with E-state index in [2.05, 4.69) is 15.3 Å². The Balaban J connectivity index is 1.78. The Kier molecular flexibility index (Phi) is 3.50. The number of hydrogen-bond acceptors (Lipinski definition) is 5. The number of nitrogens with one attached hydrogen (secondary N) is 1. The largest absolute Gasteiger partial charge is 0.372 e. The second-order valence-electron chi connectivity index (χ2n) is 5.12. The van der Waals surface area contributed by atoms with E-state index in [0.29, 0.717) is 11.7 Å². The van der Waals surface area contributed by atoms with Crippen molar-refractivity contribution < 1.29 is 4.39 Å². The number of hydrogen-bond donors (Lipinski definition) is 1. The minimum Gasteiger partial charge on any atom is -0.372 e. The highest BCUT2D eigenvalue weighted by Crippen LogP contribution is 2.25. The Morgan fingerprint density at radius 1 is 1.50 bits per heavy atom. The Bertz CT molecular complexity index is 577. The van der Waals surface area contributed by atoms with E-state index in [0.717, 1.165) is 44.9 Å². The molecule has 1 aromatic rings. The van der Waals surface area contributed by atoms with E-state index in [9.17, 15) is 4.39 Å². The molecule has 1 N–H and O–H groups in total. The van der Waals surface area contributed by atoms with E-state index in [4.69, 9.17) is 5.26 Å². The number of pyridine rings is 1. The van der Waals surface area contributed by atoms with Crippen LogP contribution in [0.2, 0.25) is 0 Å². The summed E-state index contributed by atoms with van der Waals surface area (Å²) in [6, 6.07) is 3.15. The molecule has 0 aliphatic carbocycles. The van der Waals surface area contributed by atoms with Crippen LogP contribution in [0.25, 0.3) is 0 Å². The molecule has 0 spiro atoms. The zero-order valence-electron chi connectivity index (χ0n) is 11.1. The molecule has 5 nitrogen and oxygen atoms in total. The maximum atomic E-state index is 14.0. The summed E-state index contributed by atoms with van der Waals surface area (Å²) in [6.07, 6.45) is 3.49. The van der Waals surface area contributed by atoms with Gasteiger partial charge in [0.1, 0.15) is 11.9 Å². The smallest absolute Gasteiger partial charge is 0.166 e. The minimum atomic E-state index is -0.425. The monoisotopic (exact) mass is 273 g/mol. The van der Waals surface area contributed by atoms with Crippen molar-refractivity contribution in [1.82, 2.24) is 10.3 Å². The zero-order valence-corrected chi connectivity index (χ0v) is 11.1. The van der Waals surface area contributed by atoms with Crippen molar-refractivity contribution >= 4 is 11.7 Å². The molecular weight excluding hydrogens is 257 g/mol. The summed E-state index contributed by atoms with van der Waals surface area (Å²) in [5.41, 5.74) is 0.252. The van der Waals surface area contributed by atoms with Crippen molar-refractivity contribution in [3.63, 3.8) is 0 Å². The Morgan fingerprint density at radius 2 is 2.40 bits per heavy atom. The Hall–Kier alpha value is -2.16. The van der Waals surface area contributed by atoms with Gasteiger partial charge >= 0.3 is 0 Å². The molecule has 1 fully saturated rings. The summed E-state index contributed by atoms with van der Waals surface area (Å²) >= 11 is 0. The molecule has 1 atom stereocenters. The molecule has 2 aliphatic heterocycles. The van der Waals surface area contributed by atoms with Gasteiger partial charge in [0.2, 0.25) is 0 Å². The van der Waals surface area contributed by atoms with E-state index < -0.39 is 5.82 Å². The fourth-order valence-electron chi connectivity index (χ4n) is 2.81. The number of rotatable bonds is 2. The van der Waals surface area contributed by atoms with Crippen LogP contribution in [0.1, 0.15) is 18.4 Å². The normalized spacial score (nSPS) is 22.1. The highest BCUT2D eigenvalue weighted by Gasteiger charge is 2.27. The first-order chi connectivity index (χ1) is 9.78. The number of nitriles is 1. The van der Waals surface area contributed by atoms with Gasteiger partial charge in [0.15, 0.2) is 11.6 Å². The predicted octanol–water partition coefficient (Wildman–Crippen LogP) is 1.31. The topological polar surface area (TPSA) is 64.3 Å². The maximum Gasteiger partial charge on any atom is 0.166 e. The predicted molar refractivity (Wildman–Crippen MR) is 74.2 cm³/mol. The quantitative estimate of drug-likeness (QED) is 0.882. The van der Waals surface area contributed by atoms with Crippen molar-refractivity contribution in [3.05, 3.63) is 23.6 Å². The summed E-state index contributed by atoms with van der Waals surface area (Å²) in [7, 11) is 0. The molecule has 104 valence electrons. The maximum absolute atomic E-state index is 14.0. The number of anilines is 1. The number of halogens is 1. The lowest BCUT2D eigenvalue weighted by Gasteiger charge is -2.33. The lowest BCUT2D eigenvalue weighted by atomic mass is 9.96. The summed E-state index contributed by atoms with van der Waals surface area (Å²) < 4.78 is 14.0. The van der Waals surface area contributed by atoms with E-state index in [-0.39, 0.29) is 5.56 Å². The average molecular weight is 273 g/mol. The molecule has 0 bridgehead atoms. The van der Waals surface area contributed by atoms with E-state index in [1.807, 2.05) is 11.0 Å². The van der Waals surface area contributed by atoms with Crippen molar-refractivity contribution in [2.45, 2.75) is 12.8 Å². The van der Waals surface area contributed by atoms with Gasteiger partial charge in [-0.1, -0.05) is 0 Å². The molecule has 0 aromatic carbocycles. The molecule has 0 amide bonds. The first-order valence-electron chi connectivity index (χ1n) is 6.87. The van der Waals surface area contributed by atoms with Crippen molar-refractivity contribution in [2.24, 2.45) is 10.9 Å². The fraction of sp³-hybridized carbons (Fsp3) is 0.500. The number of nitrogens with zero attached hydrogens (tertiary/aromatic N) is 4. The molecule has 1 saturated heterocycles. The third kappa shape index (κ3) is 2.44. The van der Waals surface area contributed by atoms with Gasteiger partial charge in [0.05, 0.1) is 12.1 Å². The van der Waals surface area contributed by atoms with Gasteiger partial charge in [-0.05, 0) is 18.9 Å². The molecule has 20 heavy (non-hydrogen) atoms. The van der Waals surface area contributed by atoms with Gasteiger partial charge in [-0.2, -0.15) is 5.26 Å². The van der Waals surface area contributed by atoms with Crippen LogP contribution in [0.5, 0.6) is 0 Å². The lowest BCUT2D eigenvalue weighted by molar-refractivity contribution is 0.488. The molecule has 1 unspecified atom stereocenters. The average Bonchev–Trinajstić information content (AvgIpc) is 3.01. The molecule has 6 heteroatoms. The third-order valence-corrected chi connectivity index (χ3v) is 3.76. The molecule has 2 aliphatic rings. The molecule has 0 radical (unpaired) electrons. The van der Waals surface area contributed by atoms with Crippen LogP contribution >= 0.6 is 0 Å². The molecule has 0 saturated carbocycles. The van der Waals surface area contributed by atoms with Gasteiger partial charge in [0.25, 0.3) is 0 Å². The van der Waals surface area contributed by atoms with Gasteiger partial charge in [0, 0.05) is 31.7 Å². The van der Waals surface area contributed by atoms with E-state index >= 15 is 0 Å². The van der Waals surface area contributed by atoms with E-state index in [1.165, 1.54) is 12.3 Å². The number of aromatic nitrogens is 1. The van der Waals surface area contributed by atoms with Gasteiger partial charge < -0.3 is 10.2 Å². The minimum absolute atomic E-state index is 0.252. The fourth-order valence-corrected chi connectivity index (χ4v) is 2.81. The van der Waals surface area contributed by atoms with Crippen molar-refractivity contribution in [1.29, 1.82) is 5.26 Å². The van der Waals surface area contributed by atoms with E-state index in [1.54, 1.807) is 0 Å². The van der Waals surface area contributed by atoms with Crippen LogP contribution < -0.4 is 10.2 Å². The van der Waals surface area contributed by atoms with Crippen molar-refractivity contribution in [3.8, 4) is 6.07 Å². The van der Waals surface area contributed by atoms with Crippen LogP contribution in [0.15, 0.2) is 17.3 Å². The molecule has 3 heterocycles. The summed E-state index contributed by atoms with van der Waals surface area (Å²) in [6.45, 7) is 3.24. The van der Waals surface area contributed by atoms with Gasteiger partial charge in [-0.25, -0.2) is 9.37 Å². The Morgan fingerprint density at radius 3 is 3.10 bits per heavy atom. The van der Waals surface area contributed by atoms with Crippen LogP contribution in [-0.4, -0.2) is 37.0 Å². The van der Waals surface area contributed by atoms with Crippen molar-refractivity contribution in [2.75, 3.05) is 31.1 Å². The zero-order chi connectivity index (χ0) is 13.9. The lowest BCUT2D eigenvalue weighted by Crippen LogP contribution is -2.42. The Labute approximate surface area is 117 Å². The van der Waals surface area contributed by atoms with Crippen LogP contribution in [0, 0.1) is 23.1 Å². The number of piperidine rings is 1. The summed E-state index contributed by atoms with van der Waals surface area (Å²) in [5, 5.41) is 12.1. The summed E-state index contributed by atoms with van der Waals surface area (Å²) in [4.78, 5) is 10.5. The van der Waals surface area contributed by atoms with Crippen LogP contribution in [0.3, 0.4) is 0 Å². The van der Waals surface area contributed by atoms with Crippen LogP contribution in [-0.2, 0) is 0 Å². The number of amidine groups is 1. The second kappa shape index (κ2) is 5.45. The number of aliphatic imine (C=N–C) groups is 1. The first kappa shape index (κ1) is 12.9. The second-order valence-corrected chi connectivity index (χ2v) is 5.12. The highest BCUT2D eigenvalue weighted by molar-refractivity contribution is 5.86. The summed E-state index contributed by atoms with van der Waals surface area (Å²) in [5.74, 6) is 1.28. The molecule has 3 rings (SSSR count). The first-order valence-corrected chi connectivity index (χ1v) is 6.87.